The molecule has 134 valence electrons. The lowest BCUT2D eigenvalue weighted by atomic mass is 10.1. The van der Waals surface area contributed by atoms with Gasteiger partial charge in [-0.25, -0.2) is 26.3 Å². The summed E-state index contributed by atoms with van der Waals surface area (Å²) in [6, 6.07) is 5.09. The van der Waals surface area contributed by atoms with Crippen LogP contribution in [0.3, 0.4) is 0 Å². The van der Waals surface area contributed by atoms with Gasteiger partial charge in [0, 0.05) is 0 Å². The van der Waals surface area contributed by atoms with Gasteiger partial charge in [-0.2, -0.15) is 10.1 Å². The first-order valence-electron chi connectivity index (χ1n) is 7.11. The minimum Gasteiger partial charge on any atom is -0.267 e. The fourth-order valence-electron chi connectivity index (χ4n) is 2.38. The number of benzene rings is 2. The first-order chi connectivity index (χ1) is 12.2. The van der Waals surface area contributed by atoms with Crippen LogP contribution in [0.1, 0.15) is 12.5 Å². The zero-order chi connectivity index (χ0) is 19.2. The Morgan fingerprint density at radius 2 is 1.50 bits per heavy atom. The van der Waals surface area contributed by atoms with Crippen LogP contribution in [0.15, 0.2) is 34.9 Å². The van der Waals surface area contributed by atoms with Crippen LogP contribution in [-0.4, -0.2) is 11.6 Å². The Hall–Kier alpha value is -3.10. The zero-order valence-corrected chi connectivity index (χ0v) is 13.0. The van der Waals surface area contributed by atoms with E-state index in [2.05, 4.69) is 5.10 Å². The van der Waals surface area contributed by atoms with Gasteiger partial charge in [-0.15, -0.1) is 0 Å². The molecule has 1 heterocycles. The molecule has 0 bridgehead atoms. The molecule has 0 saturated heterocycles. The molecule has 1 aliphatic rings. The Morgan fingerprint density at radius 1 is 0.923 bits per heavy atom. The van der Waals surface area contributed by atoms with Crippen LogP contribution in [0.5, 0.6) is 0 Å². The largest absolute Gasteiger partial charge is 0.280 e. The van der Waals surface area contributed by atoms with Gasteiger partial charge in [-0.05, 0) is 30.7 Å². The highest BCUT2D eigenvalue weighted by molar-refractivity contribution is 6.32. The van der Waals surface area contributed by atoms with Crippen LogP contribution in [0.2, 0.25) is 0 Å². The van der Waals surface area contributed by atoms with Crippen molar-refractivity contribution in [3.8, 4) is 0 Å². The molecule has 2 aromatic carbocycles. The summed E-state index contributed by atoms with van der Waals surface area (Å²) in [6.07, 6.45) is 1.19. The van der Waals surface area contributed by atoms with Gasteiger partial charge in [0.1, 0.15) is 11.5 Å². The molecular formula is C17H8F6N2O. The van der Waals surface area contributed by atoms with Crippen molar-refractivity contribution in [2.24, 2.45) is 5.10 Å². The highest BCUT2D eigenvalue weighted by atomic mass is 19.2. The SMILES string of the molecule is CC1=NN(c2c(F)c(F)c(F)c(F)c2F)C(=O)/C1=C/c1cccc(F)c1. The molecule has 0 radical (unpaired) electrons. The Bertz CT molecular complexity index is 970. The van der Waals surface area contributed by atoms with Gasteiger partial charge in [-0.3, -0.25) is 4.79 Å². The van der Waals surface area contributed by atoms with Gasteiger partial charge in [0.25, 0.3) is 5.91 Å². The van der Waals surface area contributed by atoms with E-state index < -0.39 is 46.5 Å². The van der Waals surface area contributed by atoms with E-state index in [0.29, 0.717) is 0 Å². The molecule has 9 heteroatoms. The van der Waals surface area contributed by atoms with E-state index in [-0.39, 0.29) is 21.9 Å². The molecule has 0 fully saturated rings. The van der Waals surface area contributed by atoms with E-state index in [1.54, 1.807) is 0 Å². The fourth-order valence-corrected chi connectivity index (χ4v) is 2.38. The normalized spacial score (nSPS) is 15.8. The first-order valence-corrected chi connectivity index (χ1v) is 7.11. The lowest BCUT2D eigenvalue weighted by Gasteiger charge is -2.15. The second kappa shape index (κ2) is 6.32. The molecule has 1 aliphatic heterocycles. The monoisotopic (exact) mass is 370 g/mol. The van der Waals surface area contributed by atoms with E-state index in [9.17, 15) is 31.1 Å². The number of amides is 1. The second-order valence-corrected chi connectivity index (χ2v) is 5.33. The van der Waals surface area contributed by atoms with Crippen molar-refractivity contribution in [1.82, 2.24) is 0 Å². The Kier molecular flexibility index (Phi) is 4.31. The van der Waals surface area contributed by atoms with Gasteiger partial charge in [0.05, 0.1) is 11.3 Å². The number of halogens is 6. The van der Waals surface area contributed by atoms with Crippen LogP contribution in [0.4, 0.5) is 32.0 Å². The smallest absolute Gasteiger partial charge is 0.267 e. The third kappa shape index (κ3) is 2.75. The molecular weight excluding hydrogens is 362 g/mol. The minimum absolute atomic E-state index is 0.0387. The number of carbonyl (C=O) groups is 1. The van der Waals surface area contributed by atoms with E-state index in [4.69, 9.17) is 0 Å². The summed E-state index contributed by atoms with van der Waals surface area (Å²) in [5, 5.41) is 3.67. The van der Waals surface area contributed by atoms with Crippen molar-refractivity contribution < 1.29 is 31.1 Å². The molecule has 0 saturated carbocycles. The van der Waals surface area contributed by atoms with Gasteiger partial charge in [0.15, 0.2) is 23.3 Å². The lowest BCUT2D eigenvalue weighted by molar-refractivity contribution is -0.114. The van der Waals surface area contributed by atoms with Gasteiger partial charge in [-0.1, -0.05) is 12.1 Å². The average Bonchev–Trinajstić information content (AvgIpc) is 2.87. The highest BCUT2D eigenvalue weighted by Gasteiger charge is 2.36. The summed E-state index contributed by atoms with van der Waals surface area (Å²) in [7, 11) is 0. The van der Waals surface area contributed by atoms with Crippen molar-refractivity contribution in [2.45, 2.75) is 6.92 Å². The van der Waals surface area contributed by atoms with Crippen LogP contribution >= 0.6 is 0 Å². The topological polar surface area (TPSA) is 32.7 Å². The third-order valence-electron chi connectivity index (χ3n) is 3.62. The van der Waals surface area contributed by atoms with Gasteiger partial charge >= 0.3 is 0 Å². The highest BCUT2D eigenvalue weighted by Crippen LogP contribution is 2.33. The van der Waals surface area contributed by atoms with Crippen molar-refractivity contribution in [1.29, 1.82) is 0 Å². The molecule has 26 heavy (non-hydrogen) atoms. The van der Waals surface area contributed by atoms with Crippen molar-refractivity contribution in [2.75, 3.05) is 5.01 Å². The maximum Gasteiger partial charge on any atom is 0.280 e. The Balaban J connectivity index is 2.10. The Morgan fingerprint density at radius 3 is 2.08 bits per heavy atom. The van der Waals surface area contributed by atoms with Crippen molar-refractivity contribution in [3.05, 3.63) is 70.3 Å². The maximum atomic E-state index is 13.9. The predicted molar refractivity (Wildman–Crippen MR) is 81.2 cm³/mol. The molecule has 0 aliphatic carbocycles. The predicted octanol–water partition coefficient (Wildman–Crippen LogP) is 4.33. The molecule has 2 aromatic rings. The minimum atomic E-state index is -2.34. The van der Waals surface area contributed by atoms with E-state index >= 15 is 0 Å². The van der Waals surface area contributed by atoms with Crippen molar-refractivity contribution >= 4 is 23.4 Å². The van der Waals surface area contributed by atoms with E-state index in [1.807, 2.05) is 0 Å². The maximum absolute atomic E-state index is 13.9. The molecule has 1 amide bonds. The van der Waals surface area contributed by atoms with Crippen LogP contribution in [-0.2, 0) is 4.79 Å². The summed E-state index contributed by atoms with van der Waals surface area (Å²) >= 11 is 0. The van der Waals surface area contributed by atoms with Gasteiger partial charge < -0.3 is 0 Å². The summed E-state index contributed by atoms with van der Waals surface area (Å²) in [5.41, 5.74) is -1.45. The lowest BCUT2D eigenvalue weighted by Crippen LogP contribution is -2.25. The summed E-state index contributed by atoms with van der Waals surface area (Å²) in [6.45, 7) is 1.30. The second-order valence-electron chi connectivity index (χ2n) is 5.33. The molecule has 0 N–H and O–H groups in total. The standard InChI is InChI=1S/C17H8F6N2O/c1-7-10(6-8-3-2-4-9(18)5-8)17(26)25(24-7)16-14(22)12(20)11(19)13(21)15(16)23/h2-6H,1H3/b10-6+. The zero-order valence-electron chi connectivity index (χ0n) is 13.0. The van der Waals surface area contributed by atoms with E-state index in [1.165, 1.54) is 31.2 Å². The molecule has 3 rings (SSSR count). The van der Waals surface area contributed by atoms with Crippen LogP contribution < -0.4 is 5.01 Å². The third-order valence-corrected chi connectivity index (χ3v) is 3.62. The summed E-state index contributed by atoms with van der Waals surface area (Å²) < 4.78 is 80.9. The fraction of sp³-hybridized carbons (Fsp3) is 0.0588. The number of carbonyl (C=O) groups excluding carboxylic acids is 1. The number of hydrogen-bond acceptors (Lipinski definition) is 2. The first kappa shape index (κ1) is 17.7. The quantitative estimate of drug-likeness (QED) is 0.335. The molecule has 3 nitrogen and oxygen atoms in total. The number of nitrogens with zero attached hydrogens (tertiary/aromatic N) is 2. The summed E-state index contributed by atoms with van der Waals surface area (Å²) in [5.74, 6) is -12.8. The number of hydrazone groups is 1. The molecule has 0 spiro atoms. The molecule has 0 atom stereocenters. The van der Waals surface area contributed by atoms with Crippen molar-refractivity contribution in [3.63, 3.8) is 0 Å². The Labute approximate surface area is 142 Å². The molecule has 0 aromatic heterocycles. The van der Waals surface area contributed by atoms with Crippen LogP contribution in [0, 0.1) is 34.9 Å². The van der Waals surface area contributed by atoms with Gasteiger partial charge in [0.2, 0.25) is 5.82 Å². The van der Waals surface area contributed by atoms with E-state index in [0.717, 1.165) is 6.07 Å². The summed E-state index contributed by atoms with van der Waals surface area (Å²) in [4.78, 5) is 12.4. The average molecular weight is 370 g/mol. The van der Waals surface area contributed by atoms with Crippen LogP contribution in [0.25, 0.3) is 6.08 Å². The number of anilines is 1. The number of hydrogen-bond donors (Lipinski definition) is 0. The number of rotatable bonds is 2. The molecule has 0 unspecified atom stereocenters.